The summed E-state index contributed by atoms with van der Waals surface area (Å²) in [7, 11) is 1.88. The quantitative estimate of drug-likeness (QED) is 0.377. The minimum Gasteiger partial charge on any atom is -0.381 e. The normalized spacial score (nSPS) is 24.8. The predicted octanol–water partition coefficient (Wildman–Crippen LogP) is 2.93. The Morgan fingerprint density at radius 3 is 2.46 bits per heavy atom. The number of ether oxygens (including phenoxy) is 2. The number of piperidine rings is 1. The highest BCUT2D eigenvalue weighted by atomic mass is 16.5. The average molecular weight is 395 g/mol. The maximum absolute atomic E-state index is 5.96. The molecular weight excluding hydrogens is 352 g/mol. The minimum absolute atomic E-state index is 0.336. The van der Waals surface area contributed by atoms with Gasteiger partial charge in [0.25, 0.3) is 0 Å². The summed E-state index contributed by atoms with van der Waals surface area (Å²) in [5.74, 6) is 0.938. The average Bonchev–Trinajstić information content (AvgIpc) is 2.77. The topological polar surface area (TPSA) is 58.1 Å². The van der Waals surface area contributed by atoms with Crippen molar-refractivity contribution < 1.29 is 9.47 Å². The zero-order valence-corrected chi connectivity index (χ0v) is 18.0. The molecule has 6 nitrogen and oxygen atoms in total. The van der Waals surface area contributed by atoms with Gasteiger partial charge in [-0.2, -0.15) is 0 Å². The molecule has 6 heteroatoms. The van der Waals surface area contributed by atoms with E-state index in [1.165, 1.54) is 64.5 Å². The van der Waals surface area contributed by atoms with Crippen LogP contribution in [-0.2, 0) is 9.47 Å². The van der Waals surface area contributed by atoms with Crippen molar-refractivity contribution >= 4 is 5.96 Å². The smallest absolute Gasteiger partial charge is 0.191 e. The fourth-order valence-corrected chi connectivity index (χ4v) is 5.02. The van der Waals surface area contributed by atoms with Gasteiger partial charge in [0.15, 0.2) is 5.96 Å². The summed E-state index contributed by atoms with van der Waals surface area (Å²) < 4.78 is 11.3. The van der Waals surface area contributed by atoms with Crippen molar-refractivity contribution in [2.45, 2.75) is 82.3 Å². The van der Waals surface area contributed by atoms with Gasteiger partial charge in [0.05, 0.1) is 6.10 Å². The number of nitrogens with zero attached hydrogens (tertiary/aromatic N) is 2. The second kappa shape index (κ2) is 12.0. The number of likely N-dealkylation sites (tertiary alicyclic amines) is 1. The predicted molar refractivity (Wildman–Crippen MR) is 115 cm³/mol. The van der Waals surface area contributed by atoms with E-state index in [0.29, 0.717) is 11.6 Å². The molecule has 0 bridgehead atoms. The maximum Gasteiger partial charge on any atom is 0.191 e. The third-order valence-electron chi connectivity index (χ3n) is 6.76. The van der Waals surface area contributed by atoms with Gasteiger partial charge in [-0.05, 0) is 58.0 Å². The van der Waals surface area contributed by atoms with Crippen molar-refractivity contribution in [1.82, 2.24) is 15.5 Å². The molecule has 0 amide bonds. The van der Waals surface area contributed by atoms with Crippen LogP contribution in [0.25, 0.3) is 0 Å². The monoisotopic (exact) mass is 394 g/mol. The Balaban J connectivity index is 1.37. The fourth-order valence-electron chi connectivity index (χ4n) is 5.02. The van der Waals surface area contributed by atoms with Gasteiger partial charge in [-0.3, -0.25) is 9.89 Å². The zero-order chi connectivity index (χ0) is 19.5. The van der Waals surface area contributed by atoms with E-state index in [2.05, 4.69) is 20.5 Å². The van der Waals surface area contributed by atoms with E-state index >= 15 is 0 Å². The third kappa shape index (κ3) is 6.60. The van der Waals surface area contributed by atoms with Gasteiger partial charge in [0, 0.05) is 45.5 Å². The number of guanidine groups is 1. The van der Waals surface area contributed by atoms with Crippen molar-refractivity contribution in [3.05, 3.63) is 0 Å². The molecule has 0 unspecified atom stereocenters. The summed E-state index contributed by atoms with van der Waals surface area (Å²) in [6.45, 7) is 6.97. The molecule has 0 radical (unpaired) electrons. The van der Waals surface area contributed by atoms with Gasteiger partial charge < -0.3 is 20.1 Å². The van der Waals surface area contributed by atoms with Gasteiger partial charge in [-0.1, -0.05) is 25.7 Å². The first-order chi connectivity index (χ1) is 13.8. The number of rotatable bonds is 8. The molecule has 0 atom stereocenters. The molecule has 0 spiro atoms. The Morgan fingerprint density at radius 1 is 1.04 bits per heavy atom. The van der Waals surface area contributed by atoms with Crippen LogP contribution >= 0.6 is 0 Å². The van der Waals surface area contributed by atoms with Crippen molar-refractivity contribution in [2.75, 3.05) is 53.0 Å². The summed E-state index contributed by atoms with van der Waals surface area (Å²) in [5.41, 5.74) is 0.336. The Morgan fingerprint density at radius 2 is 1.75 bits per heavy atom. The van der Waals surface area contributed by atoms with E-state index in [1.807, 2.05) is 7.05 Å². The first kappa shape index (κ1) is 21.8. The molecule has 0 aromatic rings. The molecule has 3 aliphatic rings. The van der Waals surface area contributed by atoms with Crippen LogP contribution in [0.15, 0.2) is 4.99 Å². The molecule has 28 heavy (non-hydrogen) atoms. The van der Waals surface area contributed by atoms with E-state index in [9.17, 15) is 0 Å². The van der Waals surface area contributed by atoms with Gasteiger partial charge in [0.1, 0.15) is 0 Å². The molecule has 1 saturated carbocycles. The lowest BCUT2D eigenvalue weighted by Gasteiger charge is -2.48. The third-order valence-corrected chi connectivity index (χ3v) is 6.76. The zero-order valence-electron chi connectivity index (χ0n) is 18.0. The van der Waals surface area contributed by atoms with Crippen LogP contribution in [0.5, 0.6) is 0 Å². The summed E-state index contributed by atoms with van der Waals surface area (Å²) in [6.07, 6.45) is 14.4. The molecule has 0 aromatic heterocycles. The van der Waals surface area contributed by atoms with E-state index in [1.54, 1.807) is 0 Å². The summed E-state index contributed by atoms with van der Waals surface area (Å²) in [4.78, 5) is 7.24. The Labute approximate surface area is 171 Å². The number of hydrogen-bond donors (Lipinski definition) is 2. The molecule has 3 rings (SSSR count). The first-order valence-electron chi connectivity index (χ1n) is 11.7. The molecule has 2 heterocycles. The van der Waals surface area contributed by atoms with Crippen LogP contribution in [0.2, 0.25) is 0 Å². The molecule has 3 fully saturated rings. The molecule has 0 aromatic carbocycles. The minimum atomic E-state index is 0.336. The van der Waals surface area contributed by atoms with E-state index < -0.39 is 0 Å². The fraction of sp³-hybridized carbons (Fsp3) is 0.955. The second-order valence-corrected chi connectivity index (χ2v) is 8.72. The van der Waals surface area contributed by atoms with Gasteiger partial charge in [0.2, 0.25) is 0 Å². The molecule has 2 N–H and O–H groups in total. The second-order valence-electron chi connectivity index (χ2n) is 8.72. The van der Waals surface area contributed by atoms with E-state index in [0.717, 1.165) is 58.1 Å². The standard InChI is InChI=1S/C22H42N4O2/c1-23-21(24-13-8-16-28-20-9-17-27-18-10-20)25-19-22(11-4-2-5-12-22)26-14-6-3-7-15-26/h20H,2-19H2,1H3,(H2,23,24,25). The maximum atomic E-state index is 5.96. The Kier molecular flexibility index (Phi) is 9.35. The molecule has 2 saturated heterocycles. The van der Waals surface area contributed by atoms with Gasteiger partial charge in [-0.25, -0.2) is 0 Å². The summed E-state index contributed by atoms with van der Waals surface area (Å²) >= 11 is 0. The lowest BCUT2D eigenvalue weighted by Crippen LogP contribution is -2.59. The highest BCUT2D eigenvalue weighted by Crippen LogP contribution is 2.35. The van der Waals surface area contributed by atoms with E-state index in [-0.39, 0.29) is 0 Å². The highest BCUT2D eigenvalue weighted by molar-refractivity contribution is 5.79. The van der Waals surface area contributed by atoms with Crippen molar-refractivity contribution in [3.8, 4) is 0 Å². The van der Waals surface area contributed by atoms with E-state index in [4.69, 9.17) is 9.47 Å². The molecular formula is C22H42N4O2. The van der Waals surface area contributed by atoms with Crippen molar-refractivity contribution in [2.24, 2.45) is 4.99 Å². The van der Waals surface area contributed by atoms with Crippen LogP contribution in [0.3, 0.4) is 0 Å². The summed E-state index contributed by atoms with van der Waals surface area (Å²) in [5, 5.41) is 7.14. The van der Waals surface area contributed by atoms with Crippen LogP contribution in [0.4, 0.5) is 0 Å². The lowest BCUT2D eigenvalue weighted by atomic mass is 9.79. The molecule has 2 aliphatic heterocycles. The van der Waals surface area contributed by atoms with Crippen LogP contribution in [0, 0.1) is 0 Å². The first-order valence-corrected chi connectivity index (χ1v) is 11.7. The number of aliphatic imine (C=N–C) groups is 1. The SMILES string of the molecule is CN=C(NCCCOC1CCOCC1)NCC1(N2CCCCC2)CCCCC1. The van der Waals surface area contributed by atoms with Gasteiger partial charge in [-0.15, -0.1) is 0 Å². The lowest BCUT2D eigenvalue weighted by molar-refractivity contribution is -0.0320. The Bertz CT molecular complexity index is 453. The van der Waals surface area contributed by atoms with Crippen molar-refractivity contribution in [3.63, 3.8) is 0 Å². The highest BCUT2D eigenvalue weighted by Gasteiger charge is 2.38. The van der Waals surface area contributed by atoms with Crippen molar-refractivity contribution in [1.29, 1.82) is 0 Å². The Hall–Kier alpha value is -0.850. The van der Waals surface area contributed by atoms with Crippen LogP contribution in [0.1, 0.15) is 70.6 Å². The van der Waals surface area contributed by atoms with Crippen LogP contribution in [-0.4, -0.2) is 75.5 Å². The number of nitrogens with one attached hydrogen (secondary N) is 2. The molecule has 162 valence electrons. The number of hydrogen-bond acceptors (Lipinski definition) is 4. The summed E-state index contributed by atoms with van der Waals surface area (Å²) in [6, 6.07) is 0. The van der Waals surface area contributed by atoms with Crippen LogP contribution < -0.4 is 10.6 Å². The molecule has 1 aliphatic carbocycles. The largest absolute Gasteiger partial charge is 0.381 e. The van der Waals surface area contributed by atoms with Gasteiger partial charge >= 0.3 is 0 Å².